The number of rotatable bonds is 7. The Morgan fingerprint density at radius 1 is 1.32 bits per heavy atom. The SMILES string of the molecule is Cc1cccc(OCC(O)CNC(C)c2ccc(F)cn2)c1. The molecule has 0 aliphatic carbocycles. The van der Waals surface area contributed by atoms with Crippen molar-refractivity contribution in [3.05, 3.63) is 59.7 Å². The molecule has 22 heavy (non-hydrogen) atoms. The van der Waals surface area contributed by atoms with Gasteiger partial charge in [-0.25, -0.2) is 4.39 Å². The van der Waals surface area contributed by atoms with Gasteiger partial charge in [-0.2, -0.15) is 0 Å². The summed E-state index contributed by atoms with van der Waals surface area (Å²) in [4.78, 5) is 4.01. The number of benzene rings is 1. The molecular weight excluding hydrogens is 283 g/mol. The molecule has 0 saturated heterocycles. The van der Waals surface area contributed by atoms with E-state index in [-0.39, 0.29) is 18.5 Å². The number of aryl methyl sites for hydroxylation is 1. The van der Waals surface area contributed by atoms with E-state index in [9.17, 15) is 9.50 Å². The summed E-state index contributed by atoms with van der Waals surface area (Å²) in [6.45, 7) is 4.47. The summed E-state index contributed by atoms with van der Waals surface area (Å²) in [5, 5.41) is 13.1. The Balaban J connectivity index is 1.75. The average Bonchev–Trinajstić information content (AvgIpc) is 2.51. The van der Waals surface area contributed by atoms with Crippen LogP contribution in [0.25, 0.3) is 0 Å². The van der Waals surface area contributed by atoms with Crippen LogP contribution in [0.5, 0.6) is 5.75 Å². The van der Waals surface area contributed by atoms with Crippen molar-refractivity contribution in [2.45, 2.75) is 26.0 Å². The van der Waals surface area contributed by atoms with E-state index in [1.807, 2.05) is 38.1 Å². The van der Waals surface area contributed by atoms with Crippen LogP contribution >= 0.6 is 0 Å². The number of pyridine rings is 1. The van der Waals surface area contributed by atoms with Gasteiger partial charge in [-0.1, -0.05) is 12.1 Å². The van der Waals surface area contributed by atoms with Crippen LogP contribution in [0.2, 0.25) is 0 Å². The van der Waals surface area contributed by atoms with Gasteiger partial charge in [-0.3, -0.25) is 4.98 Å². The van der Waals surface area contributed by atoms with E-state index < -0.39 is 6.10 Å². The van der Waals surface area contributed by atoms with Gasteiger partial charge in [0.15, 0.2) is 0 Å². The van der Waals surface area contributed by atoms with E-state index >= 15 is 0 Å². The molecule has 0 bridgehead atoms. The molecule has 2 unspecified atom stereocenters. The molecule has 2 atom stereocenters. The van der Waals surface area contributed by atoms with Gasteiger partial charge >= 0.3 is 0 Å². The van der Waals surface area contributed by atoms with Crippen LogP contribution in [0.1, 0.15) is 24.2 Å². The van der Waals surface area contributed by atoms with Crippen molar-refractivity contribution in [2.24, 2.45) is 0 Å². The maximum atomic E-state index is 12.8. The fraction of sp³-hybridized carbons (Fsp3) is 0.353. The predicted octanol–water partition coefficient (Wildman–Crippen LogP) is 2.62. The molecule has 0 spiro atoms. The van der Waals surface area contributed by atoms with Crippen molar-refractivity contribution in [1.82, 2.24) is 10.3 Å². The minimum absolute atomic E-state index is 0.0748. The lowest BCUT2D eigenvalue weighted by Gasteiger charge is -2.17. The van der Waals surface area contributed by atoms with Crippen LogP contribution in [0.4, 0.5) is 4.39 Å². The molecular formula is C17H21FN2O2. The lowest BCUT2D eigenvalue weighted by molar-refractivity contribution is 0.104. The highest BCUT2D eigenvalue weighted by atomic mass is 19.1. The second kappa shape index (κ2) is 7.87. The van der Waals surface area contributed by atoms with Crippen LogP contribution < -0.4 is 10.1 Å². The summed E-state index contributed by atoms with van der Waals surface area (Å²) in [6, 6.07) is 10.6. The Morgan fingerprint density at radius 2 is 2.14 bits per heavy atom. The van der Waals surface area contributed by atoms with E-state index in [4.69, 9.17) is 4.74 Å². The second-order valence-electron chi connectivity index (χ2n) is 5.31. The third-order valence-electron chi connectivity index (χ3n) is 3.29. The van der Waals surface area contributed by atoms with Crippen LogP contribution in [-0.2, 0) is 0 Å². The zero-order chi connectivity index (χ0) is 15.9. The van der Waals surface area contributed by atoms with E-state index in [0.29, 0.717) is 6.54 Å². The first-order valence-corrected chi connectivity index (χ1v) is 7.27. The van der Waals surface area contributed by atoms with Gasteiger partial charge in [0.25, 0.3) is 0 Å². The first kappa shape index (κ1) is 16.4. The van der Waals surface area contributed by atoms with E-state index in [0.717, 1.165) is 17.0 Å². The Labute approximate surface area is 130 Å². The fourth-order valence-corrected chi connectivity index (χ4v) is 2.02. The first-order valence-electron chi connectivity index (χ1n) is 7.27. The van der Waals surface area contributed by atoms with Crippen LogP contribution in [0.3, 0.4) is 0 Å². The molecule has 2 aromatic rings. The van der Waals surface area contributed by atoms with Gasteiger partial charge < -0.3 is 15.2 Å². The maximum absolute atomic E-state index is 12.8. The highest BCUT2D eigenvalue weighted by Gasteiger charge is 2.10. The van der Waals surface area contributed by atoms with Crippen LogP contribution in [0.15, 0.2) is 42.6 Å². The quantitative estimate of drug-likeness (QED) is 0.825. The van der Waals surface area contributed by atoms with Crippen molar-refractivity contribution in [1.29, 1.82) is 0 Å². The van der Waals surface area contributed by atoms with Crippen molar-refractivity contribution in [2.75, 3.05) is 13.2 Å². The molecule has 0 fully saturated rings. The van der Waals surface area contributed by atoms with Crippen molar-refractivity contribution < 1.29 is 14.2 Å². The minimum atomic E-state index is -0.636. The van der Waals surface area contributed by atoms with Gasteiger partial charge in [0.1, 0.15) is 24.3 Å². The summed E-state index contributed by atoms with van der Waals surface area (Å²) in [5.41, 5.74) is 1.84. The Kier molecular flexibility index (Phi) is 5.86. The van der Waals surface area contributed by atoms with Gasteiger partial charge in [-0.15, -0.1) is 0 Å². The molecule has 0 saturated carbocycles. The van der Waals surface area contributed by atoms with E-state index in [2.05, 4.69) is 10.3 Å². The van der Waals surface area contributed by atoms with Gasteiger partial charge in [0.05, 0.1) is 11.9 Å². The number of aliphatic hydroxyl groups excluding tert-OH is 1. The summed E-state index contributed by atoms with van der Waals surface area (Å²) in [7, 11) is 0. The summed E-state index contributed by atoms with van der Waals surface area (Å²) in [5.74, 6) is 0.384. The normalized spacial score (nSPS) is 13.6. The van der Waals surface area contributed by atoms with Gasteiger partial charge in [0, 0.05) is 12.6 Å². The molecule has 0 radical (unpaired) electrons. The number of halogens is 1. The first-order chi connectivity index (χ1) is 10.5. The highest BCUT2D eigenvalue weighted by molar-refractivity contribution is 5.27. The molecule has 5 heteroatoms. The largest absolute Gasteiger partial charge is 0.491 e. The molecule has 118 valence electrons. The predicted molar refractivity (Wildman–Crippen MR) is 83.3 cm³/mol. The standard InChI is InChI=1S/C17H21FN2O2/c1-12-4-3-5-16(8-12)22-11-15(21)10-19-13(2)17-7-6-14(18)9-20-17/h3-9,13,15,19,21H,10-11H2,1-2H3. The molecule has 0 amide bonds. The molecule has 2 rings (SSSR count). The molecule has 0 aliphatic heterocycles. The number of aromatic nitrogens is 1. The smallest absolute Gasteiger partial charge is 0.141 e. The lowest BCUT2D eigenvalue weighted by Crippen LogP contribution is -2.33. The van der Waals surface area contributed by atoms with Crippen molar-refractivity contribution in [3.63, 3.8) is 0 Å². The van der Waals surface area contributed by atoms with Crippen molar-refractivity contribution in [3.8, 4) is 5.75 Å². The molecule has 1 aromatic heterocycles. The lowest BCUT2D eigenvalue weighted by atomic mass is 10.2. The number of aliphatic hydroxyl groups is 1. The number of hydrogen-bond donors (Lipinski definition) is 2. The zero-order valence-electron chi connectivity index (χ0n) is 12.8. The van der Waals surface area contributed by atoms with Gasteiger partial charge in [0.2, 0.25) is 0 Å². The third kappa shape index (κ3) is 5.09. The molecule has 4 nitrogen and oxygen atoms in total. The monoisotopic (exact) mass is 304 g/mol. The average molecular weight is 304 g/mol. The minimum Gasteiger partial charge on any atom is -0.491 e. The Hall–Kier alpha value is -1.98. The number of hydrogen-bond acceptors (Lipinski definition) is 4. The van der Waals surface area contributed by atoms with Crippen LogP contribution in [-0.4, -0.2) is 29.3 Å². The molecule has 1 aromatic carbocycles. The third-order valence-corrected chi connectivity index (χ3v) is 3.29. The van der Waals surface area contributed by atoms with Gasteiger partial charge in [-0.05, 0) is 43.7 Å². The summed E-state index contributed by atoms with van der Waals surface area (Å²) >= 11 is 0. The zero-order valence-corrected chi connectivity index (χ0v) is 12.8. The Morgan fingerprint density at radius 3 is 2.82 bits per heavy atom. The van der Waals surface area contributed by atoms with Crippen molar-refractivity contribution >= 4 is 0 Å². The topological polar surface area (TPSA) is 54.4 Å². The van der Waals surface area contributed by atoms with E-state index in [1.165, 1.54) is 12.3 Å². The maximum Gasteiger partial charge on any atom is 0.141 e. The molecule has 2 N–H and O–H groups in total. The summed E-state index contributed by atoms with van der Waals surface area (Å²) < 4.78 is 18.4. The van der Waals surface area contributed by atoms with E-state index in [1.54, 1.807) is 6.07 Å². The number of nitrogens with one attached hydrogen (secondary N) is 1. The number of nitrogens with zero attached hydrogens (tertiary/aromatic N) is 1. The molecule has 1 heterocycles. The summed E-state index contributed by atoms with van der Waals surface area (Å²) in [6.07, 6.45) is 0.550. The van der Waals surface area contributed by atoms with Crippen LogP contribution in [0, 0.1) is 12.7 Å². The highest BCUT2D eigenvalue weighted by Crippen LogP contribution is 2.13. The number of ether oxygens (including phenoxy) is 1. The fourth-order valence-electron chi connectivity index (χ4n) is 2.02. The molecule has 0 aliphatic rings. The second-order valence-corrected chi connectivity index (χ2v) is 5.31. The Bertz CT molecular complexity index is 589.